The summed E-state index contributed by atoms with van der Waals surface area (Å²) in [6.07, 6.45) is 19.9. The maximum Gasteiger partial charge on any atom is 0.278 e. The second-order valence-corrected chi connectivity index (χ2v) is 22.1. The van der Waals surface area contributed by atoms with Crippen LogP contribution in [0.15, 0.2) is 0 Å². The summed E-state index contributed by atoms with van der Waals surface area (Å²) in [4.78, 5) is 0. The Labute approximate surface area is 354 Å². The lowest BCUT2D eigenvalue weighted by molar-refractivity contribution is -0.227. The molecular formula is C44H85N3O9S2. The van der Waals surface area contributed by atoms with Crippen LogP contribution in [-0.2, 0) is 34.4 Å². The van der Waals surface area contributed by atoms with Crippen LogP contribution < -0.4 is 16.0 Å². The molecule has 0 aromatic heterocycles. The largest absolute Gasteiger partial charge is 0.378 e. The van der Waals surface area contributed by atoms with Crippen molar-refractivity contribution in [3.8, 4) is 0 Å². The molecule has 0 heterocycles. The molecule has 3 unspecified atom stereocenters. The smallest absolute Gasteiger partial charge is 0.278 e. The Kier molecular flexibility index (Phi) is 21.2. The highest BCUT2D eigenvalue weighted by Gasteiger charge is 2.66. The van der Waals surface area contributed by atoms with Crippen LogP contribution >= 0.6 is 0 Å². The van der Waals surface area contributed by atoms with Gasteiger partial charge in [-0.15, -0.1) is 0 Å². The first kappa shape index (κ1) is 50.2. The summed E-state index contributed by atoms with van der Waals surface area (Å²) in [6, 6.07) is 0. The summed E-state index contributed by atoms with van der Waals surface area (Å²) in [6.45, 7) is 18.1. The summed E-state index contributed by atoms with van der Waals surface area (Å²) >= 11 is 0. The molecule has 12 nitrogen and oxygen atoms in total. The van der Waals surface area contributed by atoms with E-state index in [1.54, 1.807) is 0 Å². The Balaban J connectivity index is 1.48. The molecule has 4 fully saturated rings. The van der Waals surface area contributed by atoms with Crippen LogP contribution in [-0.4, -0.2) is 108 Å². The lowest BCUT2D eigenvalue weighted by atomic mass is 9.43. The van der Waals surface area contributed by atoms with Gasteiger partial charge < -0.3 is 30.2 Å². The summed E-state index contributed by atoms with van der Waals surface area (Å²) in [5.41, 5.74) is 0.127. The van der Waals surface area contributed by atoms with E-state index in [0.717, 1.165) is 71.3 Å². The fourth-order valence-corrected chi connectivity index (χ4v) is 13.2. The Morgan fingerprint density at radius 3 is 2.09 bits per heavy atom. The predicted octanol–water partition coefficient (Wildman–Crippen LogP) is 7.49. The van der Waals surface area contributed by atoms with E-state index < -0.39 is 26.1 Å². The van der Waals surface area contributed by atoms with Gasteiger partial charge in [-0.25, -0.2) is 0 Å². The maximum atomic E-state index is 11.6. The van der Waals surface area contributed by atoms with Crippen LogP contribution in [0.4, 0.5) is 0 Å². The zero-order valence-electron chi connectivity index (χ0n) is 37.1. The van der Waals surface area contributed by atoms with Crippen molar-refractivity contribution in [2.75, 3.05) is 64.2 Å². The minimum Gasteiger partial charge on any atom is -0.378 e. The number of fused-ring (bicyclic) bond motifs is 5. The van der Waals surface area contributed by atoms with Gasteiger partial charge in [0.25, 0.3) is 20.2 Å². The van der Waals surface area contributed by atoms with Gasteiger partial charge in [0.2, 0.25) is 0 Å². The van der Waals surface area contributed by atoms with Gasteiger partial charge in [0, 0.05) is 25.2 Å². The van der Waals surface area contributed by atoms with E-state index >= 15 is 0 Å². The van der Waals surface area contributed by atoms with E-state index in [4.69, 9.17) is 18.8 Å². The average molecular weight is 864 g/mol. The third kappa shape index (κ3) is 14.9. The highest BCUT2D eigenvalue weighted by Crippen LogP contribution is 2.69. The van der Waals surface area contributed by atoms with E-state index in [1.165, 1.54) is 64.2 Å². The van der Waals surface area contributed by atoms with Gasteiger partial charge in [0.1, 0.15) is 5.88 Å². The van der Waals surface area contributed by atoms with Gasteiger partial charge in [-0.2, -0.15) is 16.8 Å². The zero-order chi connectivity index (χ0) is 42.2. The molecule has 5 N–H and O–H groups in total. The monoisotopic (exact) mass is 864 g/mol. The number of hydrogen-bond acceptors (Lipinski definition) is 10. The standard InChI is InChI=1S/C44H85N3O9S2/c1-6-8-9-10-11-12-22-46-23-13-17-34(3)37-18-19-38-42-39(32-41(44(37,38)5)56-27-14-24-45-7-2)43(4)21-20-36(54-26-15-25-47-33-58(51,52)53)30-35(43)31-40(42)55-28-16-29-57(48,49)50/h34-42,45-47H,6-33H2,1-5H3,(H,48,49,50)(H,51,52,53)/t34-,35+,36-,37-,38+,39?,40?,41+,42?,43+,44-/m1/s1. The molecule has 0 radical (unpaired) electrons. The Morgan fingerprint density at radius 1 is 0.690 bits per heavy atom. The van der Waals surface area contributed by atoms with Gasteiger partial charge in [-0.1, -0.05) is 66.7 Å². The molecule has 0 aliphatic heterocycles. The van der Waals surface area contributed by atoms with Gasteiger partial charge in [-0.05, 0) is 157 Å². The number of rotatable bonds is 30. The van der Waals surface area contributed by atoms with E-state index in [-0.39, 0.29) is 41.3 Å². The molecule has 0 spiro atoms. The normalized spacial score (nSPS) is 33.1. The lowest BCUT2D eigenvalue weighted by Gasteiger charge is -2.65. The molecule has 342 valence electrons. The van der Waals surface area contributed by atoms with Gasteiger partial charge in [0.15, 0.2) is 0 Å². The molecule has 14 heteroatoms. The second-order valence-electron chi connectivity index (χ2n) is 19.1. The fraction of sp³-hybridized carbons (Fsp3) is 1.00. The van der Waals surface area contributed by atoms with Crippen molar-refractivity contribution in [3.05, 3.63) is 0 Å². The second kappa shape index (κ2) is 24.4. The third-order valence-electron chi connectivity index (χ3n) is 15.2. The Morgan fingerprint density at radius 2 is 1.36 bits per heavy atom. The molecule has 4 aliphatic rings. The third-order valence-corrected chi connectivity index (χ3v) is 16.6. The average Bonchev–Trinajstić information content (AvgIpc) is 3.52. The number of ether oxygens (including phenoxy) is 3. The molecule has 11 atom stereocenters. The first-order valence-electron chi connectivity index (χ1n) is 23.5. The number of hydrogen-bond donors (Lipinski definition) is 5. The lowest BCUT2D eigenvalue weighted by Crippen LogP contribution is -2.63. The molecule has 0 bridgehead atoms. The SMILES string of the molecule is CCCCCCCCNCCC[C@@H](C)[C@H]1CC[C@H]2C3C(OCCCS(=O)(=O)O)C[C@@H]4C[C@H](OCCCNCS(=O)(=O)O)CC[C@]4(C)C3C[C@H](OCCCNCC)[C@]12C. The summed E-state index contributed by atoms with van der Waals surface area (Å²) in [7, 11) is -8.10. The molecule has 4 rings (SSSR count). The Hall–Kier alpha value is -0.420. The van der Waals surface area contributed by atoms with E-state index in [2.05, 4.69) is 50.6 Å². The van der Waals surface area contributed by atoms with Crippen LogP contribution in [0.5, 0.6) is 0 Å². The predicted molar refractivity (Wildman–Crippen MR) is 233 cm³/mol. The molecule has 4 saturated carbocycles. The summed E-state index contributed by atoms with van der Waals surface area (Å²) in [5.74, 6) is 2.03. The van der Waals surface area contributed by atoms with Crippen LogP contribution in [0.3, 0.4) is 0 Å². The molecule has 0 saturated heterocycles. The quantitative estimate of drug-likeness (QED) is 0.0357. The summed E-state index contributed by atoms with van der Waals surface area (Å²) in [5, 5.41) is 9.98. The van der Waals surface area contributed by atoms with Crippen molar-refractivity contribution in [2.45, 2.75) is 169 Å². The van der Waals surface area contributed by atoms with Crippen LogP contribution in [0.25, 0.3) is 0 Å². The summed E-state index contributed by atoms with van der Waals surface area (Å²) < 4.78 is 84.3. The molecule has 4 aliphatic carbocycles. The zero-order valence-corrected chi connectivity index (χ0v) is 38.7. The van der Waals surface area contributed by atoms with Gasteiger partial charge in [-0.3, -0.25) is 9.11 Å². The van der Waals surface area contributed by atoms with Gasteiger partial charge in [0.05, 0.1) is 24.1 Å². The Bertz CT molecular complexity index is 1390. The maximum absolute atomic E-state index is 11.6. The number of unbranched alkanes of at least 4 members (excludes halogenated alkanes) is 5. The van der Waals surface area contributed by atoms with Crippen molar-refractivity contribution in [2.24, 2.45) is 46.3 Å². The highest BCUT2D eigenvalue weighted by atomic mass is 32.2. The molecular weight excluding hydrogens is 779 g/mol. The fourth-order valence-electron chi connectivity index (χ4n) is 12.3. The van der Waals surface area contributed by atoms with Crippen LogP contribution in [0.2, 0.25) is 0 Å². The van der Waals surface area contributed by atoms with E-state index in [1.807, 2.05) is 0 Å². The minimum absolute atomic E-state index is 0.00658. The van der Waals surface area contributed by atoms with E-state index in [9.17, 15) is 21.4 Å². The van der Waals surface area contributed by atoms with Crippen molar-refractivity contribution in [3.63, 3.8) is 0 Å². The molecule has 0 amide bonds. The van der Waals surface area contributed by atoms with Crippen LogP contribution in [0, 0.1) is 46.3 Å². The van der Waals surface area contributed by atoms with Crippen LogP contribution in [0.1, 0.15) is 150 Å². The molecule has 0 aromatic rings. The van der Waals surface area contributed by atoms with E-state index in [0.29, 0.717) is 61.7 Å². The van der Waals surface area contributed by atoms with Gasteiger partial charge >= 0.3 is 0 Å². The number of nitrogens with one attached hydrogen (secondary N) is 3. The highest BCUT2D eigenvalue weighted by molar-refractivity contribution is 7.86. The topological polar surface area (TPSA) is 173 Å². The van der Waals surface area contributed by atoms with Crippen molar-refractivity contribution in [1.82, 2.24) is 16.0 Å². The molecule has 0 aromatic carbocycles. The first-order valence-corrected chi connectivity index (χ1v) is 26.7. The minimum atomic E-state index is -4.06. The molecule has 58 heavy (non-hydrogen) atoms. The van der Waals surface area contributed by atoms with Crippen molar-refractivity contribution in [1.29, 1.82) is 0 Å². The first-order chi connectivity index (χ1) is 27.6. The van der Waals surface area contributed by atoms with Crippen molar-refractivity contribution < 1.29 is 40.2 Å². The van der Waals surface area contributed by atoms with Crippen molar-refractivity contribution >= 4 is 20.2 Å².